The maximum Gasteiger partial charge on any atom is 0.261 e. The molecule has 2 aliphatic rings. The second-order valence-electron chi connectivity index (χ2n) is 6.18. The molecule has 2 heterocycles. The van der Waals surface area contributed by atoms with E-state index in [2.05, 4.69) is 4.90 Å². The normalized spacial score (nSPS) is 24.4. The molecular formula is C17H23FN2O4. The molecule has 6 nitrogen and oxygen atoms in total. The van der Waals surface area contributed by atoms with Gasteiger partial charge < -0.3 is 24.0 Å². The quantitative estimate of drug-likeness (QED) is 0.834. The lowest BCUT2D eigenvalue weighted by Crippen LogP contribution is -2.60. The van der Waals surface area contributed by atoms with Crippen LogP contribution in [0.1, 0.15) is 16.8 Å². The molecule has 2 saturated heterocycles. The molecule has 0 N–H and O–H groups in total. The van der Waals surface area contributed by atoms with Gasteiger partial charge in [-0.05, 0) is 25.6 Å². The van der Waals surface area contributed by atoms with E-state index in [1.807, 2.05) is 7.05 Å². The fraction of sp³-hybridized carbons (Fsp3) is 0.588. The number of carbonyl (C=O) groups is 1. The highest BCUT2D eigenvalue weighted by molar-refractivity contribution is 5.98. The number of hydrogen-bond acceptors (Lipinski definition) is 5. The van der Waals surface area contributed by atoms with Gasteiger partial charge in [0.1, 0.15) is 11.4 Å². The number of benzene rings is 1. The van der Waals surface area contributed by atoms with Crippen LogP contribution in [-0.2, 0) is 4.74 Å². The van der Waals surface area contributed by atoms with Crippen LogP contribution in [0.4, 0.5) is 4.39 Å². The average Bonchev–Trinajstić information content (AvgIpc) is 2.60. The lowest BCUT2D eigenvalue weighted by atomic mass is 9.98. The van der Waals surface area contributed by atoms with Crippen molar-refractivity contribution in [1.82, 2.24) is 9.80 Å². The van der Waals surface area contributed by atoms with Crippen molar-refractivity contribution in [2.45, 2.75) is 18.6 Å². The van der Waals surface area contributed by atoms with Gasteiger partial charge in [-0.3, -0.25) is 4.79 Å². The maximum atomic E-state index is 14.4. The Balaban J connectivity index is 1.96. The molecule has 24 heavy (non-hydrogen) atoms. The van der Waals surface area contributed by atoms with Gasteiger partial charge >= 0.3 is 0 Å². The molecule has 0 radical (unpaired) electrons. The zero-order valence-electron chi connectivity index (χ0n) is 14.3. The number of rotatable bonds is 3. The predicted octanol–water partition coefficient (Wildman–Crippen LogP) is 1.39. The largest absolute Gasteiger partial charge is 0.493 e. The van der Waals surface area contributed by atoms with E-state index in [1.54, 1.807) is 4.90 Å². The van der Waals surface area contributed by atoms with Crippen LogP contribution in [0.25, 0.3) is 0 Å². The first-order valence-electron chi connectivity index (χ1n) is 8.08. The molecule has 0 bridgehead atoms. The standard InChI is InChI=1S/C17H23FN2O4/c1-19-7-6-13-12(10-19)20(8-9-24-13)17(21)15-11(18)4-5-14(22-2)16(15)23-3/h4-5,12-13H,6-10H2,1-3H3/t12-,13-/m0/s1. The molecule has 0 saturated carbocycles. The Hall–Kier alpha value is -1.86. The number of morpholine rings is 1. The summed E-state index contributed by atoms with van der Waals surface area (Å²) in [6.07, 6.45) is 0.862. The molecular weight excluding hydrogens is 315 g/mol. The molecule has 3 rings (SSSR count). The molecule has 2 aliphatic heterocycles. The average molecular weight is 338 g/mol. The number of methoxy groups -OCH3 is 2. The van der Waals surface area contributed by atoms with E-state index in [-0.39, 0.29) is 29.4 Å². The van der Waals surface area contributed by atoms with E-state index in [4.69, 9.17) is 14.2 Å². The van der Waals surface area contributed by atoms with Crippen LogP contribution in [0.2, 0.25) is 0 Å². The van der Waals surface area contributed by atoms with Crippen molar-refractivity contribution < 1.29 is 23.4 Å². The van der Waals surface area contributed by atoms with Crippen molar-refractivity contribution in [2.75, 3.05) is 47.5 Å². The van der Waals surface area contributed by atoms with E-state index in [9.17, 15) is 9.18 Å². The summed E-state index contributed by atoms with van der Waals surface area (Å²) >= 11 is 0. The first-order chi connectivity index (χ1) is 11.6. The smallest absolute Gasteiger partial charge is 0.261 e. The highest BCUT2D eigenvalue weighted by atomic mass is 19.1. The van der Waals surface area contributed by atoms with Crippen molar-refractivity contribution in [3.63, 3.8) is 0 Å². The van der Waals surface area contributed by atoms with E-state index in [0.717, 1.165) is 13.0 Å². The van der Waals surface area contributed by atoms with Crippen LogP contribution in [0.15, 0.2) is 12.1 Å². The van der Waals surface area contributed by atoms with Crippen LogP contribution in [-0.4, -0.2) is 75.4 Å². The van der Waals surface area contributed by atoms with E-state index in [1.165, 1.54) is 26.4 Å². The highest BCUT2D eigenvalue weighted by Gasteiger charge is 2.40. The summed E-state index contributed by atoms with van der Waals surface area (Å²) in [6.45, 7) is 2.54. The third-order valence-corrected chi connectivity index (χ3v) is 4.76. The van der Waals surface area contributed by atoms with Gasteiger partial charge in [0.2, 0.25) is 0 Å². The second kappa shape index (κ2) is 6.94. The lowest BCUT2D eigenvalue weighted by molar-refractivity contribution is -0.0871. The minimum Gasteiger partial charge on any atom is -0.493 e. The molecule has 0 unspecified atom stereocenters. The van der Waals surface area contributed by atoms with E-state index < -0.39 is 5.82 Å². The molecule has 1 aromatic carbocycles. The number of fused-ring (bicyclic) bond motifs is 1. The summed E-state index contributed by atoms with van der Waals surface area (Å²) < 4.78 is 30.7. The van der Waals surface area contributed by atoms with Gasteiger partial charge in [-0.25, -0.2) is 4.39 Å². The van der Waals surface area contributed by atoms with Crippen LogP contribution < -0.4 is 9.47 Å². The number of likely N-dealkylation sites (N-methyl/N-ethyl adjacent to an activating group) is 1. The first-order valence-corrected chi connectivity index (χ1v) is 8.08. The molecule has 2 fully saturated rings. The highest BCUT2D eigenvalue weighted by Crippen LogP contribution is 2.35. The van der Waals surface area contributed by atoms with Crippen molar-refractivity contribution in [3.05, 3.63) is 23.5 Å². The summed E-state index contributed by atoms with van der Waals surface area (Å²) in [7, 11) is 4.88. The topological polar surface area (TPSA) is 51.2 Å². The molecule has 2 atom stereocenters. The molecule has 1 aromatic rings. The molecule has 0 aromatic heterocycles. The van der Waals surface area contributed by atoms with Crippen LogP contribution in [0, 0.1) is 5.82 Å². The molecule has 0 spiro atoms. The zero-order chi connectivity index (χ0) is 17.3. The third kappa shape index (κ3) is 2.93. The van der Waals surface area contributed by atoms with Crippen molar-refractivity contribution in [1.29, 1.82) is 0 Å². The van der Waals surface area contributed by atoms with Crippen molar-refractivity contribution in [3.8, 4) is 11.5 Å². The third-order valence-electron chi connectivity index (χ3n) is 4.76. The monoisotopic (exact) mass is 338 g/mol. The summed E-state index contributed by atoms with van der Waals surface area (Å²) in [6, 6.07) is 2.61. The van der Waals surface area contributed by atoms with E-state index >= 15 is 0 Å². The van der Waals surface area contributed by atoms with Crippen LogP contribution >= 0.6 is 0 Å². The number of nitrogens with zero attached hydrogens (tertiary/aromatic N) is 2. The fourth-order valence-corrected chi connectivity index (χ4v) is 3.53. The Morgan fingerprint density at radius 3 is 2.79 bits per heavy atom. The summed E-state index contributed by atoms with van der Waals surface area (Å²) in [5.74, 6) is -0.510. The van der Waals surface area contributed by atoms with E-state index in [0.29, 0.717) is 25.4 Å². The number of piperidine rings is 1. The Kier molecular flexibility index (Phi) is 4.91. The molecule has 7 heteroatoms. The van der Waals surface area contributed by atoms with Crippen LogP contribution in [0.5, 0.6) is 11.5 Å². The number of carbonyl (C=O) groups excluding carboxylic acids is 1. The van der Waals surface area contributed by atoms with Gasteiger partial charge in [0.25, 0.3) is 5.91 Å². The zero-order valence-corrected chi connectivity index (χ0v) is 14.3. The van der Waals surface area contributed by atoms with Gasteiger partial charge in [-0.15, -0.1) is 0 Å². The van der Waals surface area contributed by atoms with Gasteiger partial charge in [-0.1, -0.05) is 0 Å². The number of hydrogen-bond donors (Lipinski definition) is 0. The van der Waals surface area contributed by atoms with Crippen molar-refractivity contribution in [2.24, 2.45) is 0 Å². The molecule has 1 amide bonds. The van der Waals surface area contributed by atoms with Crippen LogP contribution in [0.3, 0.4) is 0 Å². The predicted molar refractivity (Wildman–Crippen MR) is 86.2 cm³/mol. The first kappa shape index (κ1) is 17.0. The Labute approximate surface area is 141 Å². The van der Waals surface area contributed by atoms with Gasteiger partial charge in [0.05, 0.1) is 33.0 Å². The van der Waals surface area contributed by atoms with Crippen molar-refractivity contribution >= 4 is 5.91 Å². The minimum atomic E-state index is -0.607. The summed E-state index contributed by atoms with van der Waals surface area (Å²) in [5.41, 5.74) is -0.0780. The number of likely N-dealkylation sites (tertiary alicyclic amines) is 1. The summed E-state index contributed by atoms with van der Waals surface area (Å²) in [5, 5.41) is 0. The Bertz CT molecular complexity index is 625. The number of amides is 1. The van der Waals surface area contributed by atoms with Gasteiger partial charge in [-0.2, -0.15) is 0 Å². The molecule has 0 aliphatic carbocycles. The minimum absolute atomic E-state index is 0.00133. The summed E-state index contributed by atoms with van der Waals surface area (Å²) in [4.78, 5) is 17.0. The Morgan fingerprint density at radius 1 is 1.29 bits per heavy atom. The van der Waals surface area contributed by atoms with Gasteiger partial charge in [0, 0.05) is 19.6 Å². The van der Waals surface area contributed by atoms with Gasteiger partial charge in [0.15, 0.2) is 11.5 Å². The Morgan fingerprint density at radius 2 is 2.08 bits per heavy atom. The number of halogens is 1. The molecule has 132 valence electrons. The SMILES string of the molecule is COc1ccc(F)c(C(=O)N2CCO[C@H]3CCN(C)C[C@@H]32)c1OC. The fourth-order valence-electron chi connectivity index (χ4n) is 3.53. The lowest BCUT2D eigenvalue weighted by Gasteiger charge is -2.46. The second-order valence-corrected chi connectivity index (χ2v) is 6.18. The number of ether oxygens (including phenoxy) is 3. The maximum absolute atomic E-state index is 14.4.